The minimum atomic E-state index is -0.425. The Balaban J connectivity index is 1.60. The number of hydrogen-bond donors (Lipinski definition) is 1. The van der Waals surface area contributed by atoms with Crippen molar-refractivity contribution in [1.29, 1.82) is 0 Å². The fourth-order valence-electron chi connectivity index (χ4n) is 2.81. The molecule has 162 valence electrons. The van der Waals surface area contributed by atoms with Crippen molar-refractivity contribution >= 4 is 39.5 Å². The first-order valence-corrected chi connectivity index (χ1v) is 10.4. The van der Waals surface area contributed by atoms with Crippen molar-refractivity contribution in [3.8, 4) is 11.5 Å². The van der Waals surface area contributed by atoms with Crippen LogP contribution in [0.25, 0.3) is 10.1 Å². The summed E-state index contributed by atoms with van der Waals surface area (Å²) in [6.07, 6.45) is 1.50. The lowest BCUT2D eigenvalue weighted by Crippen LogP contribution is -2.36. The highest BCUT2D eigenvalue weighted by Crippen LogP contribution is 2.28. The van der Waals surface area contributed by atoms with Crippen LogP contribution in [-0.2, 0) is 4.79 Å². The molecule has 0 atom stereocenters. The zero-order valence-electron chi connectivity index (χ0n) is 17.3. The van der Waals surface area contributed by atoms with Crippen LogP contribution < -0.4 is 14.8 Å². The quantitative estimate of drug-likeness (QED) is 0.426. The second-order valence-corrected chi connectivity index (χ2v) is 7.33. The van der Waals surface area contributed by atoms with Gasteiger partial charge in [-0.05, 0) is 31.2 Å². The number of nitrogens with zero attached hydrogens (tertiary/aromatic N) is 2. The van der Waals surface area contributed by atoms with Crippen molar-refractivity contribution in [2.24, 2.45) is 5.10 Å². The summed E-state index contributed by atoms with van der Waals surface area (Å²) in [5.74, 6) is -0.158. The Bertz CT molecular complexity index is 1130. The lowest BCUT2D eigenvalue weighted by molar-refractivity contribution is -0.128. The SMILES string of the molecule is CCOc1ccc(C(=O)NCC(=O)N(C)/N=C/c2csc3c(F)cccc23)cc1OC. The van der Waals surface area contributed by atoms with Gasteiger partial charge in [-0.15, -0.1) is 11.3 Å². The van der Waals surface area contributed by atoms with Gasteiger partial charge in [0.05, 0.1) is 31.2 Å². The van der Waals surface area contributed by atoms with Crippen LogP contribution in [0.4, 0.5) is 4.39 Å². The summed E-state index contributed by atoms with van der Waals surface area (Å²) in [5.41, 5.74) is 1.05. The Hall–Kier alpha value is -3.46. The van der Waals surface area contributed by atoms with E-state index in [0.717, 1.165) is 10.4 Å². The largest absolute Gasteiger partial charge is 0.493 e. The molecule has 0 bridgehead atoms. The molecule has 3 rings (SSSR count). The average Bonchev–Trinajstić information content (AvgIpc) is 3.20. The normalized spacial score (nSPS) is 11.0. The fourth-order valence-corrected chi connectivity index (χ4v) is 3.74. The van der Waals surface area contributed by atoms with Crippen molar-refractivity contribution < 1.29 is 23.5 Å². The first-order chi connectivity index (χ1) is 14.9. The molecule has 9 heteroatoms. The van der Waals surface area contributed by atoms with Gasteiger partial charge in [-0.2, -0.15) is 5.10 Å². The van der Waals surface area contributed by atoms with E-state index in [4.69, 9.17) is 9.47 Å². The Kier molecular flexibility index (Phi) is 7.19. The van der Waals surface area contributed by atoms with E-state index in [-0.39, 0.29) is 12.4 Å². The maximum absolute atomic E-state index is 13.8. The van der Waals surface area contributed by atoms with Crippen molar-refractivity contribution in [3.05, 3.63) is 58.7 Å². The minimum absolute atomic E-state index is 0.235. The summed E-state index contributed by atoms with van der Waals surface area (Å²) in [7, 11) is 2.97. The number of hydrogen-bond acceptors (Lipinski definition) is 6. The maximum Gasteiger partial charge on any atom is 0.261 e. The Labute approximate surface area is 183 Å². The number of fused-ring (bicyclic) bond motifs is 1. The molecule has 7 nitrogen and oxygen atoms in total. The van der Waals surface area contributed by atoms with Gasteiger partial charge in [0.2, 0.25) is 0 Å². The predicted octanol–water partition coefficient (Wildman–Crippen LogP) is 3.67. The summed E-state index contributed by atoms with van der Waals surface area (Å²) < 4.78 is 25.0. The molecule has 1 heterocycles. The first kappa shape index (κ1) is 22.2. The lowest BCUT2D eigenvalue weighted by atomic mass is 10.2. The van der Waals surface area contributed by atoms with E-state index in [1.54, 1.807) is 35.7 Å². The number of hydrazone groups is 1. The van der Waals surface area contributed by atoms with Gasteiger partial charge in [-0.25, -0.2) is 9.40 Å². The number of nitrogens with one attached hydrogen (secondary N) is 1. The standard InChI is InChI=1S/C22H22FN3O4S/c1-4-30-18-9-8-14(10-19(18)29-3)22(28)24-12-20(27)26(2)25-11-15-13-31-21-16(15)6-5-7-17(21)23/h5-11,13H,4,12H2,1-3H3,(H,24,28)/b25-11+. The Morgan fingerprint density at radius 2 is 2.06 bits per heavy atom. The number of benzene rings is 2. The van der Waals surface area contributed by atoms with Crippen LogP contribution in [0.3, 0.4) is 0 Å². The summed E-state index contributed by atoms with van der Waals surface area (Å²) in [5, 5.41) is 10.3. The number of likely N-dealkylation sites (N-methyl/N-ethyl adjacent to an activating group) is 1. The summed E-state index contributed by atoms with van der Waals surface area (Å²) >= 11 is 1.27. The van der Waals surface area contributed by atoms with Gasteiger partial charge in [0.25, 0.3) is 11.8 Å². The molecule has 0 aliphatic rings. The van der Waals surface area contributed by atoms with Gasteiger partial charge in [-0.1, -0.05) is 12.1 Å². The molecular formula is C22H22FN3O4S. The molecule has 0 spiro atoms. The summed E-state index contributed by atoms with van der Waals surface area (Å²) in [6, 6.07) is 9.61. The topological polar surface area (TPSA) is 80.2 Å². The Morgan fingerprint density at radius 3 is 2.81 bits per heavy atom. The number of carbonyl (C=O) groups is 2. The van der Waals surface area contributed by atoms with E-state index in [9.17, 15) is 14.0 Å². The van der Waals surface area contributed by atoms with E-state index in [0.29, 0.717) is 33.9 Å². The highest BCUT2D eigenvalue weighted by molar-refractivity contribution is 7.17. The summed E-state index contributed by atoms with van der Waals surface area (Å²) in [6.45, 7) is 2.09. The number of thiophene rings is 1. The maximum atomic E-state index is 13.8. The van der Waals surface area contributed by atoms with Gasteiger partial charge in [0.1, 0.15) is 5.82 Å². The van der Waals surface area contributed by atoms with Crippen molar-refractivity contribution in [2.75, 3.05) is 27.3 Å². The third kappa shape index (κ3) is 5.18. The van der Waals surface area contributed by atoms with Crippen LogP contribution in [0, 0.1) is 5.82 Å². The minimum Gasteiger partial charge on any atom is -0.493 e. The van der Waals surface area contributed by atoms with E-state index >= 15 is 0 Å². The molecule has 0 radical (unpaired) electrons. The fraction of sp³-hybridized carbons (Fsp3) is 0.227. The van der Waals surface area contributed by atoms with Crippen LogP contribution in [-0.4, -0.2) is 50.3 Å². The molecule has 2 amide bonds. The molecule has 31 heavy (non-hydrogen) atoms. The number of halogens is 1. The molecule has 0 saturated carbocycles. The predicted molar refractivity (Wildman–Crippen MR) is 119 cm³/mol. The third-order valence-corrected chi connectivity index (χ3v) is 5.46. The zero-order valence-corrected chi connectivity index (χ0v) is 18.2. The smallest absolute Gasteiger partial charge is 0.261 e. The molecule has 0 saturated heterocycles. The zero-order chi connectivity index (χ0) is 22.4. The van der Waals surface area contributed by atoms with Crippen LogP contribution in [0.1, 0.15) is 22.8 Å². The number of rotatable bonds is 8. The second kappa shape index (κ2) is 10.0. The average molecular weight is 444 g/mol. The molecule has 2 aromatic carbocycles. The molecule has 3 aromatic rings. The second-order valence-electron chi connectivity index (χ2n) is 6.45. The van der Waals surface area contributed by atoms with Crippen LogP contribution in [0.2, 0.25) is 0 Å². The lowest BCUT2D eigenvalue weighted by Gasteiger charge is -2.13. The number of methoxy groups -OCH3 is 1. The van der Waals surface area contributed by atoms with Crippen molar-refractivity contribution in [1.82, 2.24) is 10.3 Å². The van der Waals surface area contributed by atoms with Gasteiger partial charge in [0, 0.05) is 28.9 Å². The Morgan fingerprint density at radius 1 is 1.26 bits per heavy atom. The van der Waals surface area contributed by atoms with Gasteiger partial charge in [-0.3, -0.25) is 9.59 Å². The van der Waals surface area contributed by atoms with Crippen LogP contribution in [0.5, 0.6) is 11.5 Å². The van der Waals surface area contributed by atoms with Gasteiger partial charge in [0.15, 0.2) is 11.5 Å². The molecule has 0 aliphatic carbocycles. The van der Waals surface area contributed by atoms with Crippen LogP contribution in [0.15, 0.2) is 46.9 Å². The number of carbonyl (C=O) groups excluding carboxylic acids is 2. The number of amides is 2. The molecule has 0 fully saturated rings. The van der Waals surface area contributed by atoms with E-state index in [1.165, 1.54) is 37.8 Å². The molecule has 0 unspecified atom stereocenters. The van der Waals surface area contributed by atoms with E-state index < -0.39 is 11.8 Å². The highest BCUT2D eigenvalue weighted by Gasteiger charge is 2.14. The molecule has 1 aromatic heterocycles. The monoisotopic (exact) mass is 443 g/mol. The van der Waals surface area contributed by atoms with Crippen molar-refractivity contribution in [3.63, 3.8) is 0 Å². The van der Waals surface area contributed by atoms with Crippen LogP contribution >= 0.6 is 11.3 Å². The van der Waals surface area contributed by atoms with Gasteiger partial charge < -0.3 is 14.8 Å². The number of ether oxygens (including phenoxy) is 2. The van der Waals surface area contributed by atoms with E-state index in [1.807, 2.05) is 6.92 Å². The highest BCUT2D eigenvalue weighted by atomic mass is 32.1. The molecular weight excluding hydrogens is 421 g/mol. The van der Waals surface area contributed by atoms with Gasteiger partial charge >= 0.3 is 0 Å². The van der Waals surface area contributed by atoms with Crippen molar-refractivity contribution in [2.45, 2.75) is 6.92 Å². The summed E-state index contributed by atoms with van der Waals surface area (Å²) in [4.78, 5) is 24.7. The third-order valence-electron chi connectivity index (χ3n) is 4.44. The molecule has 1 N–H and O–H groups in total. The first-order valence-electron chi connectivity index (χ1n) is 9.49. The molecule has 0 aliphatic heterocycles. The van der Waals surface area contributed by atoms with E-state index in [2.05, 4.69) is 10.4 Å².